The Hall–Kier alpha value is -2.89. The zero-order valence-electron chi connectivity index (χ0n) is 14.7. The highest BCUT2D eigenvalue weighted by Gasteiger charge is 2.15. The molecule has 12 N–H and O–H groups in total. The molecule has 0 bridgehead atoms. The SMILES string of the molecule is NC(N)=NCCC[C@@H](C=O)NC(=O)CNC(=O)[C@@H](N)CCCN=C(N)N. The quantitative estimate of drug-likeness (QED) is 0.0732. The predicted molar refractivity (Wildman–Crippen MR) is 98.8 cm³/mol. The molecule has 0 aliphatic heterocycles. The Balaban J connectivity index is 4.06. The van der Waals surface area contributed by atoms with E-state index in [0.29, 0.717) is 45.1 Å². The minimum Gasteiger partial charge on any atom is -0.370 e. The van der Waals surface area contributed by atoms with Gasteiger partial charge in [0, 0.05) is 13.1 Å². The summed E-state index contributed by atoms with van der Waals surface area (Å²) in [5, 5.41) is 4.91. The maximum atomic E-state index is 11.8. The zero-order chi connectivity index (χ0) is 19.9. The van der Waals surface area contributed by atoms with Gasteiger partial charge in [0.2, 0.25) is 11.8 Å². The molecular formula is C14H29N9O3. The maximum Gasteiger partial charge on any atom is 0.239 e. The number of hydrogen-bond donors (Lipinski definition) is 7. The normalized spacial score (nSPS) is 12.3. The lowest BCUT2D eigenvalue weighted by molar-refractivity contribution is -0.127. The topological polar surface area (TPSA) is 230 Å². The van der Waals surface area contributed by atoms with Gasteiger partial charge >= 0.3 is 0 Å². The number of carbonyl (C=O) groups is 3. The smallest absolute Gasteiger partial charge is 0.239 e. The van der Waals surface area contributed by atoms with Crippen molar-refractivity contribution in [3.63, 3.8) is 0 Å². The van der Waals surface area contributed by atoms with Crippen LogP contribution in [0, 0.1) is 0 Å². The summed E-state index contributed by atoms with van der Waals surface area (Å²) in [4.78, 5) is 42.1. The fraction of sp³-hybridized carbons (Fsp3) is 0.643. The monoisotopic (exact) mass is 371 g/mol. The molecule has 0 aromatic heterocycles. The molecule has 0 unspecified atom stereocenters. The molecule has 0 fully saturated rings. The van der Waals surface area contributed by atoms with E-state index >= 15 is 0 Å². The van der Waals surface area contributed by atoms with Crippen LogP contribution in [0.3, 0.4) is 0 Å². The highest BCUT2D eigenvalue weighted by atomic mass is 16.2. The molecule has 12 heteroatoms. The van der Waals surface area contributed by atoms with Gasteiger partial charge in [-0.1, -0.05) is 0 Å². The molecule has 2 atom stereocenters. The Morgan fingerprint density at radius 3 is 2.00 bits per heavy atom. The van der Waals surface area contributed by atoms with Gasteiger partial charge < -0.3 is 44.1 Å². The summed E-state index contributed by atoms with van der Waals surface area (Å²) in [6, 6.07) is -1.46. The van der Waals surface area contributed by atoms with Crippen molar-refractivity contribution in [3.8, 4) is 0 Å². The molecule has 0 saturated carbocycles. The van der Waals surface area contributed by atoms with Crippen molar-refractivity contribution in [3.05, 3.63) is 0 Å². The minimum absolute atomic E-state index is 0.0253. The summed E-state index contributed by atoms with van der Waals surface area (Å²) in [5.74, 6) is -1.03. The van der Waals surface area contributed by atoms with Gasteiger partial charge in [0.15, 0.2) is 11.9 Å². The van der Waals surface area contributed by atoms with Gasteiger partial charge in [0.1, 0.15) is 6.29 Å². The van der Waals surface area contributed by atoms with Crippen molar-refractivity contribution < 1.29 is 14.4 Å². The van der Waals surface area contributed by atoms with E-state index in [2.05, 4.69) is 20.6 Å². The number of amides is 2. The lowest BCUT2D eigenvalue weighted by Crippen LogP contribution is -2.47. The maximum absolute atomic E-state index is 11.8. The van der Waals surface area contributed by atoms with Crippen molar-refractivity contribution in [2.45, 2.75) is 37.8 Å². The Morgan fingerprint density at radius 2 is 1.50 bits per heavy atom. The van der Waals surface area contributed by atoms with E-state index < -0.39 is 23.9 Å². The first-order valence-corrected chi connectivity index (χ1v) is 8.15. The first-order chi connectivity index (χ1) is 12.3. The van der Waals surface area contributed by atoms with Gasteiger partial charge in [-0.25, -0.2) is 0 Å². The molecule has 2 amide bonds. The van der Waals surface area contributed by atoms with Crippen LogP contribution < -0.4 is 39.3 Å². The predicted octanol–water partition coefficient (Wildman–Crippen LogP) is -3.78. The third-order valence-corrected chi connectivity index (χ3v) is 3.21. The van der Waals surface area contributed by atoms with E-state index in [4.69, 9.17) is 28.7 Å². The molecule has 0 aliphatic carbocycles. The van der Waals surface area contributed by atoms with E-state index in [1.54, 1.807) is 0 Å². The van der Waals surface area contributed by atoms with Crippen LogP contribution in [0.1, 0.15) is 25.7 Å². The second kappa shape index (κ2) is 13.4. The Labute approximate surface area is 152 Å². The summed E-state index contributed by atoms with van der Waals surface area (Å²) in [5.41, 5.74) is 26.4. The highest BCUT2D eigenvalue weighted by molar-refractivity contribution is 5.88. The van der Waals surface area contributed by atoms with Crippen LogP contribution in [0.15, 0.2) is 9.98 Å². The molecular weight excluding hydrogens is 342 g/mol. The third-order valence-electron chi connectivity index (χ3n) is 3.21. The van der Waals surface area contributed by atoms with Crippen molar-refractivity contribution in [2.75, 3.05) is 19.6 Å². The summed E-state index contributed by atoms with van der Waals surface area (Å²) in [7, 11) is 0. The molecule has 0 radical (unpaired) electrons. The van der Waals surface area contributed by atoms with E-state index in [1.807, 2.05) is 0 Å². The molecule has 0 spiro atoms. The van der Waals surface area contributed by atoms with Crippen LogP contribution in [0.4, 0.5) is 0 Å². The van der Waals surface area contributed by atoms with Crippen LogP contribution in [0.25, 0.3) is 0 Å². The minimum atomic E-state index is -0.779. The van der Waals surface area contributed by atoms with Gasteiger partial charge in [-0.15, -0.1) is 0 Å². The van der Waals surface area contributed by atoms with E-state index in [0.717, 1.165) is 0 Å². The fourth-order valence-corrected chi connectivity index (χ4v) is 1.90. The fourth-order valence-electron chi connectivity index (χ4n) is 1.90. The summed E-state index contributed by atoms with van der Waals surface area (Å²) in [6.45, 7) is 0.442. The number of guanidine groups is 2. The standard InChI is InChI=1S/C14H29N9O3/c15-10(4-2-6-21-14(18)19)12(26)22-7-11(25)23-9(8-24)3-1-5-20-13(16)17/h8-10H,1-7,15H2,(H,22,26)(H,23,25)(H4,16,17,20)(H4,18,19,21)/t9-,10-/m0/s1. The summed E-state index contributed by atoms with van der Waals surface area (Å²) >= 11 is 0. The lowest BCUT2D eigenvalue weighted by atomic mass is 10.1. The van der Waals surface area contributed by atoms with E-state index in [-0.39, 0.29) is 18.5 Å². The molecule has 0 aliphatic rings. The van der Waals surface area contributed by atoms with Crippen molar-refractivity contribution >= 4 is 30.0 Å². The second-order valence-corrected chi connectivity index (χ2v) is 5.53. The Morgan fingerprint density at radius 1 is 0.962 bits per heavy atom. The molecule has 0 heterocycles. The molecule has 26 heavy (non-hydrogen) atoms. The number of nitrogens with zero attached hydrogens (tertiary/aromatic N) is 2. The van der Waals surface area contributed by atoms with E-state index in [9.17, 15) is 14.4 Å². The average Bonchev–Trinajstić information content (AvgIpc) is 2.58. The highest BCUT2D eigenvalue weighted by Crippen LogP contribution is 1.97. The van der Waals surface area contributed by atoms with Gasteiger partial charge in [0.25, 0.3) is 0 Å². The van der Waals surface area contributed by atoms with E-state index in [1.165, 1.54) is 0 Å². The average molecular weight is 371 g/mol. The zero-order valence-corrected chi connectivity index (χ0v) is 14.7. The van der Waals surface area contributed by atoms with Crippen LogP contribution in [-0.2, 0) is 14.4 Å². The van der Waals surface area contributed by atoms with Crippen LogP contribution in [0.5, 0.6) is 0 Å². The largest absolute Gasteiger partial charge is 0.370 e. The number of nitrogens with two attached hydrogens (primary N) is 5. The van der Waals surface area contributed by atoms with Crippen molar-refractivity contribution in [1.29, 1.82) is 0 Å². The molecule has 0 aromatic carbocycles. The lowest BCUT2D eigenvalue weighted by Gasteiger charge is -2.14. The number of carbonyl (C=O) groups excluding carboxylic acids is 3. The van der Waals surface area contributed by atoms with Gasteiger partial charge in [0.05, 0.1) is 18.6 Å². The summed E-state index contributed by atoms with van der Waals surface area (Å²) < 4.78 is 0. The van der Waals surface area contributed by atoms with Crippen LogP contribution in [0.2, 0.25) is 0 Å². The molecule has 12 nitrogen and oxygen atoms in total. The summed E-state index contributed by atoms with van der Waals surface area (Å²) in [6.07, 6.45) is 2.41. The molecule has 148 valence electrons. The van der Waals surface area contributed by atoms with Crippen molar-refractivity contribution in [2.24, 2.45) is 38.7 Å². The number of aliphatic imine (C=N–C) groups is 2. The Bertz CT molecular complexity index is 514. The van der Waals surface area contributed by atoms with Crippen molar-refractivity contribution in [1.82, 2.24) is 10.6 Å². The molecule has 0 rings (SSSR count). The third kappa shape index (κ3) is 12.5. The molecule has 0 aromatic rings. The van der Waals surface area contributed by atoms with Gasteiger partial charge in [-0.05, 0) is 25.7 Å². The molecule has 0 saturated heterocycles. The van der Waals surface area contributed by atoms with Crippen LogP contribution >= 0.6 is 0 Å². The first-order valence-electron chi connectivity index (χ1n) is 8.15. The van der Waals surface area contributed by atoms with Gasteiger partial charge in [-0.2, -0.15) is 0 Å². The van der Waals surface area contributed by atoms with Gasteiger partial charge in [-0.3, -0.25) is 19.6 Å². The number of hydrogen-bond acceptors (Lipinski definition) is 6. The number of nitrogens with one attached hydrogen (secondary N) is 2. The number of rotatable bonds is 13. The first kappa shape index (κ1) is 23.1. The number of aldehydes is 1. The second-order valence-electron chi connectivity index (χ2n) is 5.53. The Kier molecular flexibility index (Phi) is 11.9. The van der Waals surface area contributed by atoms with Crippen LogP contribution in [-0.4, -0.2) is 61.7 Å².